The highest BCUT2D eigenvalue weighted by Crippen LogP contribution is 2.38. The van der Waals surface area contributed by atoms with Crippen LogP contribution in [0.15, 0.2) is 85.2 Å². The summed E-state index contributed by atoms with van der Waals surface area (Å²) in [7, 11) is 0. The van der Waals surface area contributed by atoms with Crippen LogP contribution in [0, 0.1) is 17.0 Å². The lowest BCUT2D eigenvalue weighted by molar-refractivity contribution is -0.605. The Balaban J connectivity index is 1.11. The van der Waals surface area contributed by atoms with Gasteiger partial charge in [0.05, 0.1) is 12.2 Å². The Morgan fingerprint density at radius 3 is 2.24 bits per heavy atom. The number of carbonyl (C=O) groups excluding carboxylic acids is 2. The van der Waals surface area contributed by atoms with Crippen LogP contribution in [-0.2, 0) is 20.7 Å². The van der Waals surface area contributed by atoms with E-state index < -0.39 is 24.7 Å². The number of aromatic nitrogens is 1. The van der Waals surface area contributed by atoms with Crippen LogP contribution in [0.1, 0.15) is 64.9 Å². The first-order chi connectivity index (χ1) is 26.1. The fourth-order valence-electron chi connectivity index (χ4n) is 6.91. The van der Waals surface area contributed by atoms with Gasteiger partial charge in [-0.15, -0.1) is 0 Å². The van der Waals surface area contributed by atoms with E-state index in [-0.39, 0.29) is 45.6 Å². The van der Waals surface area contributed by atoms with Gasteiger partial charge in [-0.2, -0.15) is 13.5 Å². The lowest BCUT2D eigenvalue weighted by Crippen LogP contribution is -2.52. The second-order valence-corrected chi connectivity index (χ2v) is 14.7. The Labute approximate surface area is 321 Å². The average molecular weight is 783 g/mol. The second kappa shape index (κ2) is 16.8. The first-order valence-electron chi connectivity index (χ1n) is 17.9. The van der Waals surface area contributed by atoms with E-state index >= 15 is 0 Å². The maximum absolute atomic E-state index is 13.7. The number of alkyl halides is 2. The predicted molar refractivity (Wildman–Crippen MR) is 197 cm³/mol. The third-order valence-electron chi connectivity index (χ3n) is 10.1. The number of ether oxygens (including phenoxy) is 4. The van der Waals surface area contributed by atoms with Crippen molar-refractivity contribution < 1.29 is 42.0 Å². The molecule has 3 aromatic carbocycles. The molecule has 1 aliphatic carbocycles. The summed E-state index contributed by atoms with van der Waals surface area (Å²) in [6.07, 6.45) is 4.98. The standard InChI is InChI=1S/C40H39Cl2F2N3O7/c41-31-20-47(50)21-32(42)30(31)19-34(28-10-13-33(54-40(43)44)35(18-28)51-23-24-6-7-24)52-38(48)27-8-11-29(12-9-27)45-37(26-4-2-1-3-5-26)39(49)53-36-22-46-16-14-25(36)15-17-46/h1-5,8-13,18,20-21,24-25,34,36-37,40,45H,6-7,14-17,19,22-23H2/t34-,36-,37?/m0/s1. The number of anilines is 1. The minimum absolute atomic E-state index is 0.0526. The van der Waals surface area contributed by atoms with Crippen molar-refractivity contribution in [2.45, 2.75) is 57.0 Å². The number of hydrogen-bond donors (Lipinski definition) is 1. The molecule has 1 N–H and O–H groups in total. The largest absolute Gasteiger partial charge is 0.619 e. The van der Waals surface area contributed by atoms with Crippen molar-refractivity contribution >= 4 is 40.8 Å². The summed E-state index contributed by atoms with van der Waals surface area (Å²) in [5, 5.41) is 15.3. The van der Waals surface area contributed by atoms with Gasteiger partial charge in [0.25, 0.3) is 0 Å². The first kappa shape index (κ1) is 37.7. The normalized spacial score (nSPS) is 20.2. The van der Waals surface area contributed by atoms with Gasteiger partial charge in [0.2, 0.25) is 0 Å². The number of fused-ring (bicyclic) bond motifs is 3. The number of nitrogens with one attached hydrogen (secondary N) is 1. The zero-order valence-corrected chi connectivity index (χ0v) is 30.7. The minimum atomic E-state index is -3.08. The molecule has 10 nitrogen and oxygen atoms in total. The molecule has 1 unspecified atom stereocenters. The summed E-state index contributed by atoms with van der Waals surface area (Å²) in [4.78, 5) is 29.7. The number of pyridine rings is 1. The van der Waals surface area contributed by atoms with Gasteiger partial charge in [-0.05, 0) is 98.1 Å². The van der Waals surface area contributed by atoms with Crippen molar-refractivity contribution in [3.05, 3.63) is 123 Å². The summed E-state index contributed by atoms with van der Waals surface area (Å²) in [5.74, 6) is -0.502. The van der Waals surface area contributed by atoms with Crippen LogP contribution in [0.25, 0.3) is 0 Å². The molecule has 4 fully saturated rings. The number of piperidine rings is 3. The molecule has 4 heterocycles. The molecule has 3 atom stereocenters. The van der Waals surface area contributed by atoms with E-state index in [4.69, 9.17) is 42.1 Å². The third kappa shape index (κ3) is 9.34. The molecule has 0 spiro atoms. The number of benzene rings is 3. The van der Waals surface area contributed by atoms with E-state index in [9.17, 15) is 23.6 Å². The number of esters is 2. The maximum atomic E-state index is 13.7. The minimum Gasteiger partial charge on any atom is -0.619 e. The Morgan fingerprint density at radius 2 is 1.61 bits per heavy atom. The smallest absolute Gasteiger partial charge is 0.387 e. The van der Waals surface area contributed by atoms with Crippen molar-refractivity contribution in [2.75, 3.05) is 31.6 Å². The van der Waals surface area contributed by atoms with Crippen LogP contribution < -0.4 is 19.5 Å². The first-order valence-corrected chi connectivity index (χ1v) is 18.7. The topological polar surface area (TPSA) is 113 Å². The van der Waals surface area contributed by atoms with Gasteiger partial charge in [-0.1, -0.05) is 59.6 Å². The molecule has 0 radical (unpaired) electrons. The van der Waals surface area contributed by atoms with Crippen molar-refractivity contribution in [3.8, 4) is 11.5 Å². The van der Waals surface area contributed by atoms with Crippen molar-refractivity contribution in [2.24, 2.45) is 11.8 Å². The molecule has 0 amide bonds. The summed E-state index contributed by atoms with van der Waals surface area (Å²) < 4.78 is 49.7. The summed E-state index contributed by atoms with van der Waals surface area (Å²) in [5.41, 5.74) is 2.24. The van der Waals surface area contributed by atoms with Crippen LogP contribution in [-0.4, -0.2) is 55.8 Å². The molecule has 8 rings (SSSR count). The van der Waals surface area contributed by atoms with Gasteiger partial charge in [-0.3, -0.25) is 4.90 Å². The highest BCUT2D eigenvalue weighted by Gasteiger charge is 2.38. The number of hydrogen-bond acceptors (Lipinski definition) is 9. The third-order valence-corrected chi connectivity index (χ3v) is 10.7. The molecule has 1 saturated carbocycles. The average Bonchev–Trinajstić information content (AvgIpc) is 4.00. The van der Waals surface area contributed by atoms with Gasteiger partial charge in [0, 0.05) is 24.2 Å². The van der Waals surface area contributed by atoms with Gasteiger partial charge in [0.15, 0.2) is 29.9 Å². The predicted octanol–water partition coefficient (Wildman–Crippen LogP) is 7.95. The van der Waals surface area contributed by atoms with Gasteiger partial charge < -0.3 is 29.5 Å². The van der Waals surface area contributed by atoms with Gasteiger partial charge in [0.1, 0.15) is 22.3 Å². The summed E-state index contributed by atoms with van der Waals surface area (Å²) in [6, 6.07) is 19.3. The Bertz CT molecular complexity index is 1920. The van der Waals surface area contributed by atoms with Crippen molar-refractivity contribution in [1.29, 1.82) is 0 Å². The molecular weight excluding hydrogens is 743 g/mol. The highest BCUT2D eigenvalue weighted by molar-refractivity contribution is 6.35. The maximum Gasteiger partial charge on any atom is 0.387 e. The molecule has 1 aromatic heterocycles. The van der Waals surface area contributed by atoms with Crippen molar-refractivity contribution in [3.63, 3.8) is 0 Å². The van der Waals surface area contributed by atoms with Crippen LogP contribution >= 0.6 is 23.2 Å². The molecule has 4 aromatic rings. The van der Waals surface area contributed by atoms with Crippen LogP contribution in [0.4, 0.5) is 14.5 Å². The summed E-state index contributed by atoms with van der Waals surface area (Å²) in [6.45, 7) is 0.0322. The molecule has 54 heavy (non-hydrogen) atoms. The Hall–Kier alpha value is -4.65. The van der Waals surface area contributed by atoms with E-state index in [0.29, 0.717) is 40.0 Å². The molecular formula is C40H39Cl2F2N3O7. The van der Waals surface area contributed by atoms with Crippen LogP contribution in [0.3, 0.4) is 0 Å². The van der Waals surface area contributed by atoms with E-state index in [1.165, 1.54) is 18.2 Å². The van der Waals surface area contributed by atoms with Gasteiger partial charge in [-0.25, -0.2) is 9.59 Å². The Morgan fingerprint density at radius 1 is 0.907 bits per heavy atom. The molecule has 2 bridgehead atoms. The van der Waals surface area contributed by atoms with Crippen LogP contribution in [0.5, 0.6) is 11.5 Å². The number of carbonyl (C=O) groups is 2. The quantitative estimate of drug-likeness (QED) is 0.0730. The molecule has 3 saturated heterocycles. The summed E-state index contributed by atoms with van der Waals surface area (Å²) >= 11 is 12.8. The van der Waals surface area contributed by atoms with E-state index in [2.05, 4.69) is 10.2 Å². The highest BCUT2D eigenvalue weighted by atomic mass is 35.5. The molecule has 4 aliphatic rings. The van der Waals surface area contributed by atoms with E-state index in [1.807, 2.05) is 30.3 Å². The number of nitrogens with zero attached hydrogens (tertiary/aromatic N) is 2. The lowest BCUT2D eigenvalue weighted by atomic mass is 9.86. The zero-order chi connectivity index (χ0) is 37.8. The van der Waals surface area contributed by atoms with Crippen LogP contribution in [0.2, 0.25) is 10.0 Å². The number of halogens is 4. The Kier molecular flexibility index (Phi) is 11.7. The SMILES string of the molecule is O=C(O[C@@H](Cc1c(Cl)c[n+]([O-])cc1Cl)c1ccc(OC(F)F)c(OCC2CC2)c1)c1ccc(NC(C(=O)O[C@H]2CN3CCC2CC3)c2ccccc2)cc1. The zero-order valence-electron chi connectivity index (χ0n) is 29.2. The molecule has 3 aliphatic heterocycles. The fraction of sp³-hybridized carbons (Fsp3) is 0.375. The van der Waals surface area contributed by atoms with Gasteiger partial charge >= 0.3 is 18.6 Å². The van der Waals surface area contributed by atoms with E-state index in [1.54, 1.807) is 24.3 Å². The molecule has 284 valence electrons. The number of rotatable bonds is 15. The lowest BCUT2D eigenvalue weighted by Gasteiger charge is -2.44. The van der Waals surface area contributed by atoms with Crippen molar-refractivity contribution in [1.82, 2.24) is 4.90 Å². The second-order valence-electron chi connectivity index (χ2n) is 13.9. The van der Waals surface area contributed by atoms with E-state index in [0.717, 1.165) is 63.3 Å². The monoisotopic (exact) mass is 781 g/mol. The molecule has 14 heteroatoms. The fourth-order valence-corrected chi connectivity index (χ4v) is 7.51.